The number of ether oxygens (including phenoxy) is 2. The molecule has 1 unspecified atom stereocenters. The van der Waals surface area contributed by atoms with E-state index in [-0.39, 0.29) is 18.1 Å². The highest BCUT2D eigenvalue weighted by atomic mass is 16.6. The number of hydrogen-bond acceptors (Lipinski definition) is 9. The molecule has 1 fully saturated rings. The zero-order valence-corrected chi connectivity index (χ0v) is 16.3. The minimum atomic E-state index is -1.06. The van der Waals surface area contributed by atoms with Crippen molar-refractivity contribution < 1.29 is 23.9 Å². The Balaban J connectivity index is 1.52. The molecule has 2 aliphatic rings. The maximum atomic E-state index is 12.9. The topological polar surface area (TPSA) is 118 Å². The van der Waals surface area contributed by atoms with E-state index in [0.29, 0.717) is 38.5 Å². The summed E-state index contributed by atoms with van der Waals surface area (Å²) in [6.07, 6.45) is 2.87. The van der Waals surface area contributed by atoms with E-state index < -0.39 is 18.2 Å². The normalized spacial score (nSPS) is 18.8. The van der Waals surface area contributed by atoms with Crippen LogP contribution in [0.15, 0.2) is 30.7 Å². The van der Waals surface area contributed by atoms with Gasteiger partial charge in [-0.3, -0.25) is 19.5 Å². The molecule has 0 N–H and O–H groups in total. The number of pyridine rings is 1. The summed E-state index contributed by atoms with van der Waals surface area (Å²) in [4.78, 5) is 53.4. The Bertz CT molecular complexity index is 945. The van der Waals surface area contributed by atoms with Gasteiger partial charge in [0.2, 0.25) is 6.23 Å². The standard InChI is InChI=1S/C19H20N6O5/c1-13-2-3-14(22-10-13)25-17(27)15-16(21-5-4-20-15)18(25)30-19(28)24-8-6-23(7-9-24)11-29-12-26/h2-5,10,12,18H,6-9,11H2,1H3. The summed E-state index contributed by atoms with van der Waals surface area (Å²) in [5, 5.41) is 0. The Kier molecular flexibility index (Phi) is 5.53. The first kappa shape index (κ1) is 19.7. The van der Waals surface area contributed by atoms with Crippen molar-refractivity contribution in [2.75, 3.05) is 37.8 Å². The fraction of sp³-hybridized carbons (Fsp3) is 0.368. The van der Waals surface area contributed by atoms with E-state index in [9.17, 15) is 14.4 Å². The number of aryl methyl sites for hydroxylation is 1. The lowest BCUT2D eigenvalue weighted by atomic mass is 10.3. The second-order valence-electron chi connectivity index (χ2n) is 6.89. The first-order chi connectivity index (χ1) is 14.6. The number of rotatable bonds is 5. The number of carbonyl (C=O) groups is 3. The molecule has 1 saturated heterocycles. The molecule has 30 heavy (non-hydrogen) atoms. The van der Waals surface area contributed by atoms with Crippen LogP contribution in [0.5, 0.6) is 0 Å². The second-order valence-corrected chi connectivity index (χ2v) is 6.89. The molecule has 0 spiro atoms. The van der Waals surface area contributed by atoms with Gasteiger partial charge < -0.3 is 14.4 Å². The second kappa shape index (κ2) is 8.41. The average Bonchev–Trinajstić information content (AvgIpc) is 3.05. The molecule has 2 aliphatic heterocycles. The fourth-order valence-electron chi connectivity index (χ4n) is 3.34. The van der Waals surface area contributed by atoms with Gasteiger partial charge in [0.25, 0.3) is 12.4 Å². The van der Waals surface area contributed by atoms with Crippen molar-refractivity contribution in [2.45, 2.75) is 13.2 Å². The smallest absolute Gasteiger partial charge is 0.412 e. The van der Waals surface area contributed by atoms with Crippen LogP contribution in [0.3, 0.4) is 0 Å². The number of anilines is 1. The minimum Gasteiger partial charge on any atom is -0.452 e. The number of aromatic nitrogens is 3. The average molecular weight is 412 g/mol. The van der Waals surface area contributed by atoms with Crippen LogP contribution in [-0.2, 0) is 14.3 Å². The molecule has 1 atom stereocenters. The van der Waals surface area contributed by atoms with E-state index in [1.54, 1.807) is 12.3 Å². The van der Waals surface area contributed by atoms with E-state index in [1.165, 1.54) is 22.2 Å². The van der Waals surface area contributed by atoms with Crippen LogP contribution in [-0.4, -0.2) is 76.1 Å². The molecule has 4 heterocycles. The third-order valence-corrected chi connectivity index (χ3v) is 4.93. The summed E-state index contributed by atoms with van der Waals surface area (Å²) < 4.78 is 10.4. The van der Waals surface area contributed by atoms with E-state index in [0.717, 1.165) is 5.56 Å². The molecule has 0 saturated carbocycles. The molecule has 2 aromatic rings. The monoisotopic (exact) mass is 412 g/mol. The zero-order valence-electron chi connectivity index (χ0n) is 16.3. The molecule has 0 radical (unpaired) electrons. The maximum Gasteiger partial charge on any atom is 0.412 e. The molecule has 2 aromatic heterocycles. The van der Waals surface area contributed by atoms with Crippen LogP contribution in [0, 0.1) is 6.92 Å². The summed E-state index contributed by atoms with van der Waals surface area (Å²) in [5.74, 6) is -0.0814. The highest BCUT2D eigenvalue weighted by molar-refractivity contribution is 6.08. The van der Waals surface area contributed by atoms with Gasteiger partial charge in [-0.2, -0.15) is 0 Å². The molecule has 156 valence electrons. The zero-order chi connectivity index (χ0) is 21.1. The predicted molar refractivity (Wildman–Crippen MR) is 102 cm³/mol. The van der Waals surface area contributed by atoms with Crippen molar-refractivity contribution in [3.8, 4) is 0 Å². The fourth-order valence-corrected chi connectivity index (χ4v) is 3.34. The van der Waals surface area contributed by atoms with Gasteiger partial charge in [-0.25, -0.2) is 19.7 Å². The number of amides is 2. The number of fused-ring (bicyclic) bond motifs is 1. The first-order valence-corrected chi connectivity index (χ1v) is 9.39. The van der Waals surface area contributed by atoms with Gasteiger partial charge in [-0.05, 0) is 18.6 Å². The van der Waals surface area contributed by atoms with Crippen LogP contribution < -0.4 is 4.90 Å². The SMILES string of the molecule is Cc1ccc(N2C(=O)c3nccnc3C2OC(=O)N2CCN(COC=O)CC2)nc1. The third-order valence-electron chi connectivity index (χ3n) is 4.93. The van der Waals surface area contributed by atoms with Gasteiger partial charge in [-0.1, -0.05) is 6.07 Å². The van der Waals surface area contributed by atoms with Gasteiger partial charge >= 0.3 is 6.09 Å². The lowest BCUT2D eigenvalue weighted by molar-refractivity contribution is -0.133. The molecular weight excluding hydrogens is 392 g/mol. The lowest BCUT2D eigenvalue weighted by Crippen LogP contribution is -2.50. The summed E-state index contributed by atoms with van der Waals surface area (Å²) in [6.45, 7) is 4.33. The van der Waals surface area contributed by atoms with Crippen molar-refractivity contribution in [1.29, 1.82) is 0 Å². The van der Waals surface area contributed by atoms with Crippen molar-refractivity contribution in [3.05, 3.63) is 47.7 Å². The number of piperazine rings is 1. The molecule has 0 bridgehead atoms. The summed E-state index contributed by atoms with van der Waals surface area (Å²) in [6, 6.07) is 3.50. The molecule has 11 heteroatoms. The number of hydrogen-bond donors (Lipinski definition) is 0. The largest absolute Gasteiger partial charge is 0.452 e. The predicted octanol–water partition coefficient (Wildman–Crippen LogP) is 0.724. The van der Waals surface area contributed by atoms with Gasteiger partial charge in [0.1, 0.15) is 18.2 Å². The maximum absolute atomic E-state index is 12.9. The third kappa shape index (κ3) is 3.79. The van der Waals surface area contributed by atoms with E-state index in [2.05, 4.69) is 15.0 Å². The van der Waals surface area contributed by atoms with Crippen LogP contribution >= 0.6 is 0 Å². The Hall–Kier alpha value is -3.60. The van der Waals surface area contributed by atoms with Crippen LogP contribution in [0.2, 0.25) is 0 Å². The Morgan fingerprint density at radius 3 is 2.63 bits per heavy atom. The van der Waals surface area contributed by atoms with Crippen molar-refractivity contribution in [3.63, 3.8) is 0 Å². The molecule has 4 rings (SSSR count). The quantitative estimate of drug-likeness (QED) is 0.655. The highest BCUT2D eigenvalue weighted by Crippen LogP contribution is 2.35. The number of nitrogens with zero attached hydrogens (tertiary/aromatic N) is 6. The summed E-state index contributed by atoms with van der Waals surface area (Å²) in [7, 11) is 0. The number of carbonyl (C=O) groups excluding carboxylic acids is 3. The lowest BCUT2D eigenvalue weighted by Gasteiger charge is -2.34. The van der Waals surface area contributed by atoms with Crippen molar-refractivity contribution in [1.82, 2.24) is 24.8 Å². The Labute approximate surface area is 172 Å². The van der Waals surface area contributed by atoms with Crippen LogP contribution in [0.1, 0.15) is 28.0 Å². The summed E-state index contributed by atoms with van der Waals surface area (Å²) in [5.41, 5.74) is 1.34. The molecule has 0 aliphatic carbocycles. The van der Waals surface area contributed by atoms with Gasteiger partial charge in [0.15, 0.2) is 5.69 Å². The van der Waals surface area contributed by atoms with Crippen LogP contribution in [0.25, 0.3) is 0 Å². The van der Waals surface area contributed by atoms with Crippen molar-refractivity contribution >= 4 is 24.3 Å². The van der Waals surface area contributed by atoms with Gasteiger partial charge in [0.05, 0.1) is 0 Å². The molecule has 2 amide bonds. The Morgan fingerprint density at radius 1 is 1.17 bits per heavy atom. The molecular formula is C19H20N6O5. The summed E-state index contributed by atoms with van der Waals surface area (Å²) >= 11 is 0. The van der Waals surface area contributed by atoms with Gasteiger partial charge in [-0.15, -0.1) is 0 Å². The van der Waals surface area contributed by atoms with Crippen molar-refractivity contribution in [2.24, 2.45) is 0 Å². The van der Waals surface area contributed by atoms with Gasteiger partial charge in [0, 0.05) is 44.8 Å². The molecule has 11 nitrogen and oxygen atoms in total. The highest BCUT2D eigenvalue weighted by Gasteiger charge is 2.44. The van der Waals surface area contributed by atoms with E-state index in [1.807, 2.05) is 17.9 Å². The van der Waals surface area contributed by atoms with E-state index >= 15 is 0 Å². The van der Waals surface area contributed by atoms with Crippen LogP contribution in [0.4, 0.5) is 10.6 Å². The van der Waals surface area contributed by atoms with E-state index in [4.69, 9.17) is 9.47 Å². The minimum absolute atomic E-state index is 0.133. The Morgan fingerprint density at radius 2 is 1.93 bits per heavy atom. The molecule has 0 aromatic carbocycles. The first-order valence-electron chi connectivity index (χ1n) is 9.39.